The first-order chi connectivity index (χ1) is 9.58. The normalized spacial score (nSPS) is 24.3. The van der Waals surface area contributed by atoms with Crippen LogP contribution >= 0.6 is 0 Å². The molecule has 0 unspecified atom stereocenters. The van der Waals surface area contributed by atoms with Crippen LogP contribution in [0.25, 0.3) is 0 Å². The van der Waals surface area contributed by atoms with Crippen LogP contribution in [0.15, 0.2) is 0 Å². The van der Waals surface area contributed by atoms with Gasteiger partial charge in [0.1, 0.15) is 0 Å². The van der Waals surface area contributed by atoms with Gasteiger partial charge in [-0.15, -0.1) is 0 Å². The van der Waals surface area contributed by atoms with Crippen molar-refractivity contribution >= 4 is 5.97 Å². The Morgan fingerprint density at radius 2 is 1.62 bits per heavy atom. The van der Waals surface area contributed by atoms with Crippen molar-refractivity contribution in [1.29, 1.82) is 0 Å². The Hall–Kier alpha value is -0.570. The van der Waals surface area contributed by atoms with Crippen LogP contribution in [0.5, 0.6) is 0 Å². The van der Waals surface area contributed by atoms with Gasteiger partial charge in [-0.1, -0.05) is 27.2 Å². The van der Waals surface area contributed by atoms with E-state index in [1.54, 1.807) is 0 Å². The van der Waals surface area contributed by atoms with Gasteiger partial charge in [0, 0.05) is 18.1 Å². The molecule has 3 heteroatoms. The molecule has 3 nitrogen and oxygen atoms in total. The van der Waals surface area contributed by atoms with Gasteiger partial charge in [0.15, 0.2) is 0 Å². The van der Waals surface area contributed by atoms with Gasteiger partial charge < -0.3 is 5.11 Å². The van der Waals surface area contributed by atoms with Gasteiger partial charge in [0.25, 0.3) is 0 Å². The molecule has 1 aliphatic carbocycles. The van der Waals surface area contributed by atoms with Gasteiger partial charge in [-0.3, -0.25) is 9.69 Å². The lowest BCUT2D eigenvalue weighted by molar-refractivity contribution is -0.137. The van der Waals surface area contributed by atoms with Crippen LogP contribution in [0.2, 0.25) is 0 Å². The molecule has 124 valence electrons. The van der Waals surface area contributed by atoms with E-state index in [2.05, 4.69) is 46.4 Å². The second kappa shape index (κ2) is 7.13. The summed E-state index contributed by atoms with van der Waals surface area (Å²) in [6.45, 7) is 14.4. The third-order valence-corrected chi connectivity index (χ3v) is 5.58. The van der Waals surface area contributed by atoms with E-state index in [4.69, 9.17) is 5.11 Å². The summed E-state index contributed by atoms with van der Waals surface area (Å²) < 4.78 is 0. The summed E-state index contributed by atoms with van der Waals surface area (Å²) in [6.07, 6.45) is 6.48. The average Bonchev–Trinajstić information content (AvgIpc) is 2.37. The number of aliphatic carboxylic acids is 1. The van der Waals surface area contributed by atoms with Crippen molar-refractivity contribution in [3.05, 3.63) is 0 Å². The number of rotatable bonds is 6. The van der Waals surface area contributed by atoms with Crippen LogP contribution in [0, 0.1) is 11.3 Å². The minimum absolute atomic E-state index is 0.0488. The van der Waals surface area contributed by atoms with Crippen molar-refractivity contribution in [2.24, 2.45) is 11.3 Å². The largest absolute Gasteiger partial charge is 0.481 e. The molecule has 0 aromatic carbocycles. The Morgan fingerprint density at radius 1 is 1.10 bits per heavy atom. The van der Waals surface area contributed by atoms with Crippen LogP contribution in [-0.4, -0.2) is 34.1 Å². The van der Waals surface area contributed by atoms with E-state index >= 15 is 0 Å². The minimum Gasteiger partial charge on any atom is -0.481 e. The molecule has 0 saturated heterocycles. The lowest BCUT2D eigenvalue weighted by atomic mass is 9.68. The highest BCUT2D eigenvalue weighted by Crippen LogP contribution is 2.42. The Balaban J connectivity index is 2.65. The lowest BCUT2D eigenvalue weighted by Gasteiger charge is -2.46. The summed E-state index contributed by atoms with van der Waals surface area (Å²) in [6, 6.07) is 0.549. The Labute approximate surface area is 131 Å². The van der Waals surface area contributed by atoms with Gasteiger partial charge >= 0.3 is 5.97 Å². The smallest absolute Gasteiger partial charge is 0.304 e. The van der Waals surface area contributed by atoms with E-state index in [9.17, 15) is 4.79 Å². The molecule has 21 heavy (non-hydrogen) atoms. The van der Waals surface area contributed by atoms with Gasteiger partial charge in [-0.25, -0.2) is 0 Å². The summed E-state index contributed by atoms with van der Waals surface area (Å²) in [5.41, 5.74) is 0.492. The fourth-order valence-corrected chi connectivity index (χ4v) is 3.74. The molecule has 1 N–H and O–H groups in total. The van der Waals surface area contributed by atoms with Crippen molar-refractivity contribution in [3.63, 3.8) is 0 Å². The van der Waals surface area contributed by atoms with Gasteiger partial charge in [0.2, 0.25) is 0 Å². The highest BCUT2D eigenvalue weighted by molar-refractivity contribution is 5.66. The van der Waals surface area contributed by atoms with E-state index in [0.717, 1.165) is 5.92 Å². The van der Waals surface area contributed by atoms with E-state index in [-0.39, 0.29) is 12.0 Å². The summed E-state index contributed by atoms with van der Waals surface area (Å²) in [5.74, 6) is 0.130. The maximum atomic E-state index is 10.9. The highest BCUT2D eigenvalue weighted by atomic mass is 16.4. The molecule has 1 aliphatic rings. The molecule has 1 rings (SSSR count). The predicted octanol–water partition coefficient (Wildman–Crippen LogP) is 4.56. The van der Waals surface area contributed by atoms with E-state index in [1.165, 1.54) is 32.1 Å². The van der Waals surface area contributed by atoms with Crippen molar-refractivity contribution in [2.75, 3.05) is 6.54 Å². The van der Waals surface area contributed by atoms with Crippen molar-refractivity contribution in [1.82, 2.24) is 4.90 Å². The first kappa shape index (κ1) is 18.5. The number of carboxylic acids is 1. The zero-order valence-corrected chi connectivity index (χ0v) is 14.9. The van der Waals surface area contributed by atoms with Gasteiger partial charge in [-0.05, 0) is 57.8 Å². The maximum Gasteiger partial charge on any atom is 0.304 e. The van der Waals surface area contributed by atoms with Gasteiger partial charge in [-0.2, -0.15) is 0 Å². The molecule has 1 fully saturated rings. The molecular formula is C18H35NO2. The molecular weight excluding hydrogens is 262 g/mol. The van der Waals surface area contributed by atoms with E-state index < -0.39 is 5.97 Å². The summed E-state index contributed by atoms with van der Waals surface area (Å²) in [4.78, 5) is 13.3. The topological polar surface area (TPSA) is 40.5 Å². The second-order valence-corrected chi connectivity index (χ2v) is 8.36. The quantitative estimate of drug-likeness (QED) is 0.781. The Bertz CT molecular complexity index is 336. The summed E-state index contributed by atoms with van der Waals surface area (Å²) in [5, 5.41) is 8.98. The fourth-order valence-electron chi connectivity index (χ4n) is 3.74. The first-order valence-electron chi connectivity index (χ1n) is 8.56. The predicted molar refractivity (Wildman–Crippen MR) is 88.5 cm³/mol. The second-order valence-electron chi connectivity index (χ2n) is 8.36. The lowest BCUT2D eigenvalue weighted by Crippen LogP contribution is -2.50. The zero-order chi connectivity index (χ0) is 16.3. The number of nitrogens with zero attached hydrogens (tertiary/aromatic N) is 1. The Kier molecular flexibility index (Phi) is 6.27. The maximum absolute atomic E-state index is 10.9. The minimum atomic E-state index is -0.690. The molecule has 0 atom stereocenters. The molecule has 0 aromatic rings. The standard InChI is InChI=1S/C18H35NO2/c1-7-18(5,6)14-8-10-15(11-9-14)19(17(2,3)4)13-12-16(20)21/h14-15H,7-13H2,1-6H3,(H,20,21). The number of hydrogen-bond donors (Lipinski definition) is 1. The molecule has 0 heterocycles. The van der Waals surface area contributed by atoms with Crippen LogP contribution in [0.3, 0.4) is 0 Å². The zero-order valence-electron chi connectivity index (χ0n) is 14.9. The van der Waals surface area contributed by atoms with Gasteiger partial charge in [0.05, 0.1) is 6.42 Å². The van der Waals surface area contributed by atoms with E-state index in [0.29, 0.717) is 18.0 Å². The van der Waals surface area contributed by atoms with Crippen molar-refractivity contribution < 1.29 is 9.90 Å². The highest BCUT2D eigenvalue weighted by Gasteiger charge is 2.36. The molecule has 0 bridgehead atoms. The molecule has 0 spiro atoms. The van der Waals surface area contributed by atoms with Crippen LogP contribution in [0.1, 0.15) is 80.1 Å². The van der Waals surface area contributed by atoms with Crippen molar-refractivity contribution in [2.45, 2.75) is 91.6 Å². The van der Waals surface area contributed by atoms with Crippen LogP contribution < -0.4 is 0 Å². The molecule has 0 amide bonds. The molecule has 1 saturated carbocycles. The Morgan fingerprint density at radius 3 is 2.00 bits per heavy atom. The summed E-state index contributed by atoms with van der Waals surface area (Å²) in [7, 11) is 0. The number of hydrogen-bond acceptors (Lipinski definition) is 2. The van der Waals surface area contributed by atoms with Crippen LogP contribution in [0.4, 0.5) is 0 Å². The number of carbonyl (C=O) groups is 1. The van der Waals surface area contributed by atoms with Crippen LogP contribution in [-0.2, 0) is 4.79 Å². The third kappa shape index (κ3) is 5.28. The molecule has 0 aliphatic heterocycles. The summed E-state index contributed by atoms with van der Waals surface area (Å²) >= 11 is 0. The SMILES string of the molecule is CCC(C)(C)C1CCC(N(CCC(=O)O)C(C)(C)C)CC1. The first-order valence-corrected chi connectivity index (χ1v) is 8.56. The average molecular weight is 297 g/mol. The number of carboxylic acid groups (broad SMARTS) is 1. The monoisotopic (exact) mass is 297 g/mol. The molecule has 0 radical (unpaired) electrons. The van der Waals surface area contributed by atoms with E-state index in [1.807, 2.05) is 0 Å². The van der Waals surface area contributed by atoms with Crippen molar-refractivity contribution in [3.8, 4) is 0 Å². The third-order valence-electron chi connectivity index (χ3n) is 5.58. The molecule has 0 aromatic heterocycles. The fraction of sp³-hybridized carbons (Fsp3) is 0.944.